The predicted molar refractivity (Wildman–Crippen MR) is 58.6 cm³/mol. The number of nitrogens with zero attached hydrogens (tertiary/aromatic N) is 2. The molecule has 0 spiro atoms. The fourth-order valence-electron chi connectivity index (χ4n) is 1.14. The van der Waals surface area contributed by atoms with Gasteiger partial charge in [0.1, 0.15) is 0 Å². The van der Waals surface area contributed by atoms with Crippen LogP contribution >= 0.6 is 11.3 Å². The summed E-state index contributed by atoms with van der Waals surface area (Å²) < 4.78 is 38.5. The van der Waals surface area contributed by atoms with Gasteiger partial charge < -0.3 is 5.73 Å². The lowest BCUT2D eigenvalue weighted by Crippen LogP contribution is -2.13. The van der Waals surface area contributed by atoms with Gasteiger partial charge in [-0.2, -0.15) is 0 Å². The Kier molecular flexibility index (Phi) is 3.15. The van der Waals surface area contributed by atoms with Crippen molar-refractivity contribution < 1.29 is 18.0 Å². The summed E-state index contributed by atoms with van der Waals surface area (Å²) in [6.07, 6.45) is 0. The van der Waals surface area contributed by atoms with Crippen LogP contribution in [-0.2, 0) is 0 Å². The number of anilines is 2. The summed E-state index contributed by atoms with van der Waals surface area (Å²) in [5, 5.41) is 9.35. The summed E-state index contributed by atoms with van der Waals surface area (Å²) in [5.74, 6) is -5.37. The Bertz CT molecular complexity index is 593. The topological polar surface area (TPSA) is 80.9 Å². The van der Waals surface area contributed by atoms with Gasteiger partial charge in [-0.1, -0.05) is 11.3 Å². The highest BCUT2D eigenvalue weighted by Gasteiger charge is 2.16. The molecule has 9 heteroatoms. The molecule has 1 aromatic carbocycles. The van der Waals surface area contributed by atoms with Crippen molar-refractivity contribution in [3.05, 3.63) is 35.1 Å². The average molecular weight is 274 g/mol. The number of rotatable bonds is 2. The third-order valence-electron chi connectivity index (χ3n) is 1.91. The van der Waals surface area contributed by atoms with Gasteiger partial charge in [-0.15, -0.1) is 10.2 Å². The lowest BCUT2D eigenvalue weighted by Gasteiger charge is -2.02. The third-order valence-corrected chi connectivity index (χ3v) is 2.57. The number of nitrogens with two attached hydrogens (primary N) is 1. The van der Waals surface area contributed by atoms with Crippen LogP contribution in [-0.4, -0.2) is 16.1 Å². The second kappa shape index (κ2) is 4.61. The van der Waals surface area contributed by atoms with E-state index in [4.69, 9.17) is 5.73 Å². The van der Waals surface area contributed by atoms with Gasteiger partial charge in [0.25, 0.3) is 5.91 Å². The molecule has 5 nitrogen and oxygen atoms in total. The van der Waals surface area contributed by atoms with Crippen LogP contribution in [0.25, 0.3) is 0 Å². The number of nitrogens with one attached hydrogen (secondary N) is 1. The fourth-order valence-corrected chi connectivity index (χ4v) is 1.65. The zero-order valence-corrected chi connectivity index (χ0v) is 9.39. The molecule has 1 amide bonds. The van der Waals surface area contributed by atoms with Crippen LogP contribution in [0.3, 0.4) is 0 Å². The van der Waals surface area contributed by atoms with Crippen molar-refractivity contribution >= 4 is 27.5 Å². The first-order valence-corrected chi connectivity index (χ1v) is 5.34. The molecular weight excluding hydrogens is 269 g/mol. The molecule has 0 fully saturated rings. The predicted octanol–water partition coefficient (Wildman–Crippen LogP) is 1.79. The van der Waals surface area contributed by atoms with Gasteiger partial charge >= 0.3 is 0 Å². The summed E-state index contributed by atoms with van der Waals surface area (Å²) in [7, 11) is 0. The van der Waals surface area contributed by atoms with Gasteiger partial charge in [-0.25, -0.2) is 13.2 Å². The van der Waals surface area contributed by atoms with E-state index in [2.05, 4.69) is 15.5 Å². The first-order valence-electron chi connectivity index (χ1n) is 4.52. The number of aromatic nitrogens is 2. The molecule has 0 unspecified atom stereocenters. The molecule has 1 heterocycles. The Balaban J connectivity index is 2.24. The van der Waals surface area contributed by atoms with Crippen molar-refractivity contribution in [3.8, 4) is 0 Å². The zero-order valence-electron chi connectivity index (χ0n) is 8.58. The maximum atomic E-state index is 12.9. The first kappa shape index (κ1) is 12.3. The van der Waals surface area contributed by atoms with E-state index in [0.717, 1.165) is 11.3 Å². The van der Waals surface area contributed by atoms with Crippen LogP contribution < -0.4 is 11.1 Å². The zero-order chi connectivity index (χ0) is 13.3. The molecule has 18 heavy (non-hydrogen) atoms. The average Bonchev–Trinajstić information content (AvgIpc) is 2.71. The second-order valence-electron chi connectivity index (χ2n) is 3.15. The Labute approximate surface area is 102 Å². The molecule has 0 aliphatic rings. The van der Waals surface area contributed by atoms with Gasteiger partial charge in [-0.3, -0.25) is 10.1 Å². The maximum absolute atomic E-state index is 12.9. The lowest BCUT2D eigenvalue weighted by molar-refractivity contribution is 0.102. The van der Waals surface area contributed by atoms with Crippen molar-refractivity contribution in [2.75, 3.05) is 11.1 Å². The second-order valence-corrected chi connectivity index (χ2v) is 4.16. The van der Waals surface area contributed by atoms with E-state index in [9.17, 15) is 18.0 Å². The van der Waals surface area contributed by atoms with Crippen LogP contribution in [0.1, 0.15) is 10.4 Å². The highest BCUT2D eigenvalue weighted by molar-refractivity contribution is 7.19. The number of hydrogen-bond donors (Lipinski definition) is 2. The monoisotopic (exact) mass is 274 g/mol. The van der Waals surface area contributed by atoms with E-state index in [1.165, 1.54) is 0 Å². The molecule has 2 aromatic rings. The van der Waals surface area contributed by atoms with Crippen LogP contribution in [0.15, 0.2) is 12.1 Å². The maximum Gasteiger partial charge on any atom is 0.257 e. The largest absolute Gasteiger partial charge is 0.374 e. The minimum Gasteiger partial charge on any atom is -0.374 e. The number of halogens is 3. The molecule has 0 atom stereocenters. The Morgan fingerprint density at radius 3 is 2.33 bits per heavy atom. The van der Waals surface area contributed by atoms with Crippen LogP contribution in [0.4, 0.5) is 23.4 Å². The first-order chi connectivity index (χ1) is 8.47. The molecule has 3 N–H and O–H groups in total. The number of carbonyl (C=O) groups is 1. The summed E-state index contributed by atoms with van der Waals surface area (Å²) in [6.45, 7) is 0. The minimum atomic E-state index is -1.63. The molecule has 2 rings (SSSR count). The molecule has 0 aliphatic carbocycles. The number of nitrogen functional groups attached to an aromatic ring is 1. The van der Waals surface area contributed by atoms with E-state index in [1.54, 1.807) is 0 Å². The quantitative estimate of drug-likeness (QED) is 0.818. The molecule has 0 radical (unpaired) electrons. The molecule has 0 saturated heterocycles. The van der Waals surface area contributed by atoms with E-state index >= 15 is 0 Å². The Morgan fingerprint density at radius 1 is 1.22 bits per heavy atom. The van der Waals surface area contributed by atoms with E-state index in [1.807, 2.05) is 0 Å². The number of amides is 1. The summed E-state index contributed by atoms with van der Waals surface area (Å²) in [5.41, 5.74) is 4.91. The molecular formula is C9H5F3N4OS. The Morgan fingerprint density at radius 2 is 1.83 bits per heavy atom. The van der Waals surface area contributed by atoms with Crippen LogP contribution in [0, 0.1) is 17.5 Å². The van der Waals surface area contributed by atoms with Crippen molar-refractivity contribution in [1.82, 2.24) is 10.2 Å². The summed E-state index contributed by atoms with van der Waals surface area (Å²) in [6, 6.07) is 1.16. The lowest BCUT2D eigenvalue weighted by atomic mass is 10.2. The normalized spacial score (nSPS) is 10.4. The van der Waals surface area contributed by atoms with Gasteiger partial charge in [-0.05, 0) is 12.1 Å². The smallest absolute Gasteiger partial charge is 0.257 e. The van der Waals surface area contributed by atoms with Crippen LogP contribution in [0.2, 0.25) is 0 Å². The van der Waals surface area contributed by atoms with Gasteiger partial charge in [0.05, 0.1) is 0 Å². The van der Waals surface area contributed by atoms with Crippen molar-refractivity contribution in [2.24, 2.45) is 0 Å². The van der Waals surface area contributed by atoms with E-state index in [0.29, 0.717) is 12.1 Å². The van der Waals surface area contributed by atoms with E-state index in [-0.39, 0.29) is 15.8 Å². The third kappa shape index (κ3) is 2.40. The molecule has 0 aliphatic heterocycles. The number of benzene rings is 1. The minimum absolute atomic E-state index is 0.0719. The van der Waals surface area contributed by atoms with Gasteiger partial charge in [0.2, 0.25) is 10.3 Å². The molecule has 94 valence electrons. The highest BCUT2D eigenvalue weighted by atomic mass is 32.1. The SMILES string of the molecule is Nc1nnc(NC(=O)c2cc(F)c(F)c(F)c2)s1. The van der Waals surface area contributed by atoms with E-state index < -0.39 is 23.4 Å². The number of carbonyl (C=O) groups excluding carboxylic acids is 1. The summed E-state index contributed by atoms with van der Waals surface area (Å²) in [4.78, 5) is 11.6. The van der Waals surface area contributed by atoms with Crippen molar-refractivity contribution in [1.29, 1.82) is 0 Å². The fraction of sp³-hybridized carbons (Fsp3) is 0. The van der Waals surface area contributed by atoms with Crippen molar-refractivity contribution in [2.45, 2.75) is 0 Å². The van der Waals surface area contributed by atoms with Crippen LogP contribution in [0.5, 0.6) is 0 Å². The highest BCUT2D eigenvalue weighted by Crippen LogP contribution is 2.19. The number of hydrogen-bond acceptors (Lipinski definition) is 5. The van der Waals surface area contributed by atoms with Gasteiger partial charge in [0, 0.05) is 5.56 Å². The Hall–Kier alpha value is -2.16. The van der Waals surface area contributed by atoms with Crippen molar-refractivity contribution in [3.63, 3.8) is 0 Å². The summed E-state index contributed by atoms with van der Waals surface area (Å²) >= 11 is 0.884. The molecule has 1 aromatic heterocycles. The molecule has 0 saturated carbocycles. The van der Waals surface area contributed by atoms with Gasteiger partial charge in [0.15, 0.2) is 17.5 Å². The molecule has 0 bridgehead atoms. The standard InChI is InChI=1S/C9H5F3N4OS/c10-4-1-3(2-5(11)6(4)12)7(17)14-9-16-15-8(13)18-9/h1-2H,(H2,13,15)(H,14,16,17).